The topological polar surface area (TPSA) is 110 Å². The summed E-state index contributed by atoms with van der Waals surface area (Å²) in [4.78, 5) is 9.67. The fourth-order valence-electron chi connectivity index (χ4n) is 1.09. The summed E-state index contributed by atoms with van der Waals surface area (Å²) in [5, 5.41) is 19.5. The molecule has 0 fully saturated rings. The zero-order valence-electron chi connectivity index (χ0n) is 9.11. The Morgan fingerprint density at radius 3 is 2.39 bits per heavy atom. The molecule has 7 nitrogen and oxygen atoms in total. The first kappa shape index (κ1) is 14.8. The van der Waals surface area contributed by atoms with Gasteiger partial charge >= 0.3 is 0 Å². The number of non-ortho nitro benzene ring substituents is 1. The number of hydrogen-bond acceptors (Lipinski definition) is 5. The number of benzene rings is 1. The van der Waals surface area contributed by atoms with Gasteiger partial charge in [-0.15, -0.1) is 11.6 Å². The SMILES string of the molecule is O=[N+]([O-])c1ccc(S(=O)(=O)NC[C@@H](O)CCl)cc1. The number of nitro benzene ring substituents is 1. The van der Waals surface area contributed by atoms with E-state index >= 15 is 0 Å². The molecule has 0 aliphatic rings. The van der Waals surface area contributed by atoms with Crippen LogP contribution in [0.3, 0.4) is 0 Å². The van der Waals surface area contributed by atoms with Crippen molar-refractivity contribution in [3.63, 3.8) is 0 Å². The van der Waals surface area contributed by atoms with Crippen molar-refractivity contribution in [1.82, 2.24) is 4.72 Å². The van der Waals surface area contributed by atoms with E-state index in [0.717, 1.165) is 24.3 Å². The van der Waals surface area contributed by atoms with E-state index in [1.807, 2.05) is 0 Å². The van der Waals surface area contributed by atoms with Crippen LogP contribution in [0, 0.1) is 10.1 Å². The van der Waals surface area contributed by atoms with Gasteiger partial charge in [-0.1, -0.05) is 0 Å². The zero-order chi connectivity index (χ0) is 13.8. The number of aliphatic hydroxyl groups is 1. The predicted octanol–water partition coefficient (Wildman–Crippen LogP) is 0.473. The Bertz CT molecular complexity index is 516. The number of sulfonamides is 1. The molecule has 0 radical (unpaired) electrons. The van der Waals surface area contributed by atoms with E-state index in [1.54, 1.807) is 0 Å². The highest BCUT2D eigenvalue weighted by atomic mass is 35.5. The van der Waals surface area contributed by atoms with E-state index in [9.17, 15) is 18.5 Å². The van der Waals surface area contributed by atoms with Crippen molar-refractivity contribution in [2.75, 3.05) is 12.4 Å². The van der Waals surface area contributed by atoms with Crippen LogP contribution >= 0.6 is 11.6 Å². The first-order valence-corrected chi connectivity index (χ1v) is 6.86. The van der Waals surface area contributed by atoms with Crippen molar-refractivity contribution in [2.45, 2.75) is 11.0 Å². The molecule has 2 N–H and O–H groups in total. The summed E-state index contributed by atoms with van der Waals surface area (Å²) in [6, 6.07) is 4.42. The molecule has 0 heterocycles. The predicted molar refractivity (Wildman–Crippen MR) is 65.0 cm³/mol. The molecule has 0 bridgehead atoms. The Morgan fingerprint density at radius 1 is 1.39 bits per heavy atom. The van der Waals surface area contributed by atoms with Gasteiger partial charge in [0.1, 0.15) is 0 Å². The van der Waals surface area contributed by atoms with Crippen LogP contribution < -0.4 is 4.72 Å². The fourth-order valence-corrected chi connectivity index (χ4v) is 2.27. The van der Waals surface area contributed by atoms with Gasteiger partial charge in [-0.05, 0) is 12.1 Å². The minimum atomic E-state index is -3.80. The van der Waals surface area contributed by atoms with Gasteiger partial charge < -0.3 is 5.11 Å². The second-order valence-electron chi connectivity index (χ2n) is 3.41. The monoisotopic (exact) mass is 294 g/mol. The molecule has 1 rings (SSSR count). The van der Waals surface area contributed by atoms with E-state index in [0.29, 0.717) is 0 Å². The molecule has 0 saturated carbocycles. The fraction of sp³-hybridized carbons (Fsp3) is 0.333. The average Bonchev–Trinajstić information content (AvgIpc) is 2.36. The van der Waals surface area contributed by atoms with Crippen LogP contribution in [0.15, 0.2) is 29.2 Å². The smallest absolute Gasteiger partial charge is 0.269 e. The van der Waals surface area contributed by atoms with Gasteiger partial charge in [0.25, 0.3) is 5.69 Å². The Hall–Kier alpha value is -1.22. The number of aliphatic hydroxyl groups excluding tert-OH is 1. The Kier molecular flexibility index (Phi) is 5.03. The zero-order valence-corrected chi connectivity index (χ0v) is 10.7. The van der Waals surface area contributed by atoms with Crippen LogP contribution in [0.2, 0.25) is 0 Å². The molecule has 9 heteroatoms. The van der Waals surface area contributed by atoms with Crippen molar-refractivity contribution in [2.24, 2.45) is 0 Å². The van der Waals surface area contributed by atoms with Crippen LogP contribution in [-0.2, 0) is 10.0 Å². The molecule has 0 spiro atoms. The molecule has 1 atom stereocenters. The van der Waals surface area contributed by atoms with E-state index in [-0.39, 0.29) is 23.0 Å². The highest BCUT2D eigenvalue weighted by Gasteiger charge is 2.16. The summed E-state index contributed by atoms with van der Waals surface area (Å²) < 4.78 is 25.5. The number of halogens is 1. The van der Waals surface area contributed by atoms with Gasteiger partial charge in [-0.25, -0.2) is 13.1 Å². The second-order valence-corrected chi connectivity index (χ2v) is 5.49. The molecule has 0 aliphatic heterocycles. The lowest BCUT2D eigenvalue weighted by atomic mass is 10.3. The van der Waals surface area contributed by atoms with Crippen LogP contribution in [0.5, 0.6) is 0 Å². The molecule has 0 aliphatic carbocycles. The number of nitrogens with zero attached hydrogens (tertiary/aromatic N) is 1. The van der Waals surface area contributed by atoms with Crippen molar-refractivity contribution in [3.05, 3.63) is 34.4 Å². The number of rotatable bonds is 6. The van der Waals surface area contributed by atoms with Gasteiger partial charge in [0.05, 0.1) is 15.9 Å². The molecule has 1 aromatic rings. The molecule has 0 saturated heterocycles. The molecular formula is C9H11ClN2O5S. The lowest BCUT2D eigenvalue weighted by Gasteiger charge is -2.09. The standard InChI is InChI=1S/C9H11ClN2O5S/c10-5-8(13)6-11-18(16,17)9-3-1-7(2-4-9)12(14)15/h1-4,8,11,13H,5-6H2/t8-/m0/s1. The number of nitro groups is 1. The number of alkyl halides is 1. The second kappa shape index (κ2) is 6.10. The Labute approximate surface area is 109 Å². The van der Waals surface area contributed by atoms with Crippen molar-refractivity contribution >= 4 is 27.3 Å². The van der Waals surface area contributed by atoms with E-state index < -0.39 is 21.1 Å². The third-order valence-electron chi connectivity index (χ3n) is 2.04. The minimum Gasteiger partial charge on any atom is -0.391 e. The summed E-state index contributed by atoms with van der Waals surface area (Å²) in [5.74, 6) is -0.0945. The largest absolute Gasteiger partial charge is 0.391 e. The van der Waals surface area contributed by atoms with E-state index in [1.165, 1.54) is 0 Å². The maximum Gasteiger partial charge on any atom is 0.269 e. The first-order chi connectivity index (χ1) is 8.36. The Balaban J connectivity index is 2.82. The molecule has 18 heavy (non-hydrogen) atoms. The lowest BCUT2D eigenvalue weighted by molar-refractivity contribution is -0.384. The molecular weight excluding hydrogens is 284 g/mol. The van der Waals surface area contributed by atoms with Crippen molar-refractivity contribution in [3.8, 4) is 0 Å². The summed E-state index contributed by atoms with van der Waals surface area (Å²) >= 11 is 5.32. The quantitative estimate of drug-likeness (QED) is 0.450. The molecule has 0 unspecified atom stereocenters. The van der Waals surface area contributed by atoms with Gasteiger partial charge in [0.15, 0.2) is 0 Å². The van der Waals surface area contributed by atoms with Gasteiger partial charge in [0, 0.05) is 24.6 Å². The van der Waals surface area contributed by atoms with Gasteiger partial charge in [-0.2, -0.15) is 0 Å². The number of nitrogens with one attached hydrogen (secondary N) is 1. The van der Waals surface area contributed by atoms with E-state index in [2.05, 4.69) is 4.72 Å². The van der Waals surface area contributed by atoms with E-state index in [4.69, 9.17) is 16.7 Å². The first-order valence-electron chi connectivity index (χ1n) is 4.85. The van der Waals surface area contributed by atoms with Crippen LogP contribution in [-0.4, -0.2) is 37.0 Å². The highest BCUT2D eigenvalue weighted by molar-refractivity contribution is 7.89. The van der Waals surface area contributed by atoms with Crippen molar-refractivity contribution < 1.29 is 18.4 Å². The van der Waals surface area contributed by atoms with Crippen LogP contribution in [0.4, 0.5) is 5.69 Å². The summed E-state index contributed by atoms with van der Waals surface area (Å²) in [6.45, 7) is -0.219. The molecule has 0 aromatic heterocycles. The average molecular weight is 295 g/mol. The van der Waals surface area contributed by atoms with Gasteiger partial charge in [0.2, 0.25) is 10.0 Å². The number of hydrogen-bond donors (Lipinski definition) is 2. The molecule has 0 amide bonds. The maximum atomic E-state index is 11.7. The molecule has 100 valence electrons. The highest BCUT2D eigenvalue weighted by Crippen LogP contribution is 2.15. The van der Waals surface area contributed by atoms with Crippen LogP contribution in [0.1, 0.15) is 0 Å². The third kappa shape index (κ3) is 3.91. The third-order valence-corrected chi connectivity index (χ3v) is 3.84. The summed E-state index contributed by atoms with van der Waals surface area (Å²) in [7, 11) is -3.80. The molecule has 1 aromatic carbocycles. The minimum absolute atomic E-state index is 0.0945. The summed E-state index contributed by atoms with van der Waals surface area (Å²) in [5.41, 5.74) is -0.199. The summed E-state index contributed by atoms with van der Waals surface area (Å²) in [6.07, 6.45) is -0.987. The van der Waals surface area contributed by atoms with Gasteiger partial charge in [-0.3, -0.25) is 10.1 Å². The van der Waals surface area contributed by atoms with Crippen LogP contribution in [0.25, 0.3) is 0 Å². The lowest BCUT2D eigenvalue weighted by Crippen LogP contribution is -2.32. The van der Waals surface area contributed by atoms with Crippen molar-refractivity contribution in [1.29, 1.82) is 0 Å². The Morgan fingerprint density at radius 2 is 1.94 bits per heavy atom. The normalized spacial score (nSPS) is 13.2. The maximum absolute atomic E-state index is 11.7.